The van der Waals surface area contributed by atoms with E-state index < -0.39 is 15.6 Å². The molecule has 0 radical (unpaired) electrons. The Labute approximate surface area is 219 Å². The Hall–Kier alpha value is 0.140. The molecule has 0 unspecified atom stereocenters. The van der Waals surface area contributed by atoms with Gasteiger partial charge in [0.15, 0.2) is 0 Å². The van der Waals surface area contributed by atoms with E-state index in [1.807, 2.05) is 0 Å². The second-order valence-electron chi connectivity index (χ2n) is 9.08. The van der Waals surface area contributed by atoms with Crippen LogP contribution in [0.2, 0.25) is 0 Å². The van der Waals surface area contributed by atoms with Gasteiger partial charge in [0.1, 0.15) is 0 Å². The number of rotatable bonds is 24. The van der Waals surface area contributed by atoms with E-state index in [0.717, 1.165) is 77.0 Å². The lowest BCUT2D eigenvalue weighted by atomic mass is 10.3. The highest BCUT2D eigenvalue weighted by atomic mass is 31.2. The molecule has 36 heavy (non-hydrogen) atoms. The van der Waals surface area contributed by atoms with Gasteiger partial charge in [-0.15, -0.1) is 0 Å². The third kappa shape index (κ3) is 16.2. The summed E-state index contributed by atoms with van der Waals surface area (Å²) in [6.45, 7) is 11.2. The average molecular weight is 559 g/mol. The van der Waals surface area contributed by atoms with Crippen LogP contribution in [0.4, 0.5) is 0 Å². The molecule has 0 aromatic carbocycles. The molecule has 0 bridgehead atoms. The molecule has 1 rings (SSSR count). The molecule has 1 aliphatic heterocycles. The van der Waals surface area contributed by atoms with Crippen LogP contribution in [-0.4, -0.2) is 62.7 Å². The van der Waals surface area contributed by atoms with Crippen molar-refractivity contribution >= 4 is 15.6 Å². The van der Waals surface area contributed by atoms with Crippen LogP contribution in [0.1, 0.15) is 105 Å². The normalized spacial score (nSPS) is 16.1. The molecule has 216 valence electrons. The van der Waals surface area contributed by atoms with Gasteiger partial charge in [-0.3, -0.25) is 18.1 Å². The highest BCUT2D eigenvalue weighted by Gasteiger charge is 2.35. The standard InChI is InChI=1S/C24H52N2O8P2/c1-5-9-13-21-29-35(27,30-22-14-10-6-2)33-25-17-19-26(20-18-25)34-36(28,31-23-15-11-7-3)32-24-16-12-8-4/h5-24H2,1-4H3. The second kappa shape index (κ2) is 21.0. The SMILES string of the molecule is CCCCCOP(=O)(OCCCCC)ON1CCN(OP(=O)(OCCCCC)OCCCCC)CC1. The van der Waals surface area contributed by atoms with Crippen LogP contribution in [0.3, 0.4) is 0 Å². The summed E-state index contributed by atoms with van der Waals surface area (Å²) in [5, 5.41) is 3.16. The van der Waals surface area contributed by atoms with Crippen molar-refractivity contribution in [3.63, 3.8) is 0 Å². The van der Waals surface area contributed by atoms with E-state index in [-0.39, 0.29) is 0 Å². The third-order valence-corrected chi connectivity index (χ3v) is 8.47. The molecule has 0 amide bonds. The monoisotopic (exact) mass is 558 g/mol. The zero-order chi connectivity index (χ0) is 26.5. The Morgan fingerprint density at radius 2 is 0.722 bits per heavy atom. The van der Waals surface area contributed by atoms with Crippen molar-refractivity contribution in [2.75, 3.05) is 52.6 Å². The van der Waals surface area contributed by atoms with Crippen LogP contribution in [0.15, 0.2) is 0 Å². The van der Waals surface area contributed by atoms with E-state index in [4.69, 9.17) is 27.3 Å². The lowest BCUT2D eigenvalue weighted by Gasteiger charge is -2.35. The molecule has 0 aromatic heterocycles. The minimum atomic E-state index is -3.71. The molecular formula is C24H52N2O8P2. The number of hydroxylamine groups is 4. The van der Waals surface area contributed by atoms with E-state index >= 15 is 0 Å². The van der Waals surface area contributed by atoms with Crippen molar-refractivity contribution in [1.82, 2.24) is 10.1 Å². The van der Waals surface area contributed by atoms with Crippen molar-refractivity contribution in [2.45, 2.75) is 105 Å². The van der Waals surface area contributed by atoms with Crippen molar-refractivity contribution in [2.24, 2.45) is 0 Å². The molecule has 1 fully saturated rings. The summed E-state index contributed by atoms with van der Waals surface area (Å²) >= 11 is 0. The van der Waals surface area contributed by atoms with Crippen LogP contribution in [0.25, 0.3) is 0 Å². The van der Waals surface area contributed by atoms with Crippen LogP contribution < -0.4 is 0 Å². The number of unbranched alkanes of at least 4 members (excludes halogenated alkanes) is 8. The van der Waals surface area contributed by atoms with Gasteiger partial charge in [-0.05, 0) is 25.7 Å². The van der Waals surface area contributed by atoms with E-state index in [0.29, 0.717) is 52.6 Å². The minimum Gasteiger partial charge on any atom is -0.286 e. The summed E-state index contributed by atoms with van der Waals surface area (Å²) in [6.07, 6.45) is 11.4. The van der Waals surface area contributed by atoms with Gasteiger partial charge >= 0.3 is 15.6 Å². The van der Waals surface area contributed by atoms with Crippen molar-refractivity contribution < 1.29 is 36.5 Å². The van der Waals surface area contributed by atoms with Gasteiger partial charge in [0.2, 0.25) is 0 Å². The maximum absolute atomic E-state index is 13.2. The van der Waals surface area contributed by atoms with Gasteiger partial charge in [0.05, 0.1) is 26.4 Å². The number of hydrogen-bond acceptors (Lipinski definition) is 10. The van der Waals surface area contributed by atoms with Gasteiger partial charge in [-0.2, -0.15) is 19.4 Å². The first kappa shape index (κ1) is 34.2. The average Bonchev–Trinajstić information content (AvgIpc) is 2.87. The minimum absolute atomic E-state index is 0.329. The fourth-order valence-electron chi connectivity index (χ4n) is 3.40. The number of phosphoric ester groups is 2. The molecule has 1 heterocycles. The summed E-state index contributed by atoms with van der Waals surface area (Å²) < 4.78 is 60.3. The summed E-state index contributed by atoms with van der Waals surface area (Å²) in [5.41, 5.74) is 0. The summed E-state index contributed by atoms with van der Waals surface area (Å²) in [7, 11) is -7.42. The van der Waals surface area contributed by atoms with Gasteiger partial charge in [0.25, 0.3) is 0 Å². The molecule has 0 aromatic rings. The predicted octanol–water partition coefficient (Wildman–Crippen LogP) is 7.51. The van der Waals surface area contributed by atoms with E-state index in [1.54, 1.807) is 10.1 Å². The number of phosphoric acid groups is 2. The van der Waals surface area contributed by atoms with Gasteiger partial charge in [-0.1, -0.05) is 79.1 Å². The van der Waals surface area contributed by atoms with Crippen LogP contribution >= 0.6 is 15.6 Å². The number of hydrogen-bond donors (Lipinski definition) is 0. The van der Waals surface area contributed by atoms with Crippen LogP contribution in [-0.2, 0) is 36.5 Å². The topological polar surface area (TPSA) is 96.0 Å². The number of piperazine rings is 1. The molecule has 1 aliphatic rings. The quantitative estimate of drug-likeness (QED) is 0.0874. The molecule has 1 saturated heterocycles. The maximum Gasteiger partial charge on any atom is 0.491 e. The first-order chi connectivity index (χ1) is 17.4. The van der Waals surface area contributed by atoms with E-state index in [9.17, 15) is 9.13 Å². The summed E-state index contributed by atoms with van der Waals surface area (Å²) in [4.78, 5) is 0. The highest BCUT2D eigenvalue weighted by Crippen LogP contribution is 2.52. The van der Waals surface area contributed by atoms with Crippen LogP contribution in [0, 0.1) is 0 Å². The van der Waals surface area contributed by atoms with Gasteiger partial charge < -0.3 is 0 Å². The highest BCUT2D eigenvalue weighted by molar-refractivity contribution is 7.48. The fourth-order valence-corrected chi connectivity index (χ4v) is 6.04. The summed E-state index contributed by atoms with van der Waals surface area (Å²) in [5.74, 6) is 0. The van der Waals surface area contributed by atoms with E-state index in [2.05, 4.69) is 27.7 Å². The lowest BCUT2D eigenvalue weighted by molar-refractivity contribution is -0.175. The fraction of sp³-hybridized carbons (Fsp3) is 1.00. The zero-order valence-electron chi connectivity index (χ0n) is 23.2. The summed E-state index contributed by atoms with van der Waals surface area (Å²) in [6, 6.07) is 0. The Morgan fingerprint density at radius 3 is 0.944 bits per heavy atom. The first-order valence-electron chi connectivity index (χ1n) is 14.1. The molecule has 0 spiro atoms. The Bertz CT molecular complexity index is 537. The molecule has 0 atom stereocenters. The smallest absolute Gasteiger partial charge is 0.286 e. The maximum atomic E-state index is 13.2. The van der Waals surface area contributed by atoms with Gasteiger partial charge in [-0.25, -0.2) is 9.13 Å². The first-order valence-corrected chi connectivity index (χ1v) is 17.0. The largest absolute Gasteiger partial charge is 0.491 e. The third-order valence-electron chi connectivity index (χ3n) is 5.62. The Balaban J connectivity index is 2.59. The Kier molecular flexibility index (Phi) is 20.0. The van der Waals surface area contributed by atoms with Crippen molar-refractivity contribution in [3.8, 4) is 0 Å². The predicted molar refractivity (Wildman–Crippen MR) is 142 cm³/mol. The number of nitrogens with zero attached hydrogens (tertiary/aromatic N) is 2. The molecule has 0 saturated carbocycles. The lowest BCUT2D eigenvalue weighted by Crippen LogP contribution is -2.45. The van der Waals surface area contributed by atoms with Crippen molar-refractivity contribution in [1.29, 1.82) is 0 Å². The molecule has 12 heteroatoms. The second-order valence-corrected chi connectivity index (χ2v) is 12.2. The molecular weight excluding hydrogens is 506 g/mol. The van der Waals surface area contributed by atoms with Gasteiger partial charge in [0, 0.05) is 26.2 Å². The van der Waals surface area contributed by atoms with E-state index in [1.165, 1.54) is 0 Å². The molecule has 0 N–H and O–H groups in total. The van der Waals surface area contributed by atoms with Crippen molar-refractivity contribution in [3.05, 3.63) is 0 Å². The molecule has 10 nitrogen and oxygen atoms in total. The molecule has 0 aliphatic carbocycles. The van der Waals surface area contributed by atoms with Crippen LogP contribution in [0.5, 0.6) is 0 Å². The Morgan fingerprint density at radius 1 is 0.472 bits per heavy atom. The zero-order valence-corrected chi connectivity index (χ0v) is 25.0.